The van der Waals surface area contributed by atoms with Crippen molar-refractivity contribution in [2.75, 3.05) is 12.3 Å². The molecule has 0 radical (unpaired) electrons. The number of nitrogens with one attached hydrogen (secondary N) is 2. The van der Waals surface area contributed by atoms with Crippen molar-refractivity contribution in [3.05, 3.63) is 35.1 Å². The van der Waals surface area contributed by atoms with Crippen LogP contribution in [0.25, 0.3) is 0 Å². The molecular formula is C12H17FN2O3S. The summed E-state index contributed by atoms with van der Waals surface area (Å²) in [6.07, 6.45) is 0. The normalized spacial score (nSPS) is 11.3. The molecule has 1 aromatic rings. The summed E-state index contributed by atoms with van der Waals surface area (Å²) in [4.78, 5) is 11.4. The molecule has 0 aromatic heterocycles. The Kier molecular flexibility index (Phi) is 5.44. The van der Waals surface area contributed by atoms with Gasteiger partial charge in [-0.25, -0.2) is 17.5 Å². The van der Waals surface area contributed by atoms with Crippen LogP contribution in [0.3, 0.4) is 0 Å². The van der Waals surface area contributed by atoms with Gasteiger partial charge in [0.2, 0.25) is 15.9 Å². The number of carbonyl (C=O) groups excluding carboxylic acids is 1. The van der Waals surface area contributed by atoms with E-state index in [4.69, 9.17) is 0 Å². The maximum Gasteiger partial charge on any atom is 0.235 e. The van der Waals surface area contributed by atoms with Crippen LogP contribution in [0.15, 0.2) is 18.2 Å². The lowest BCUT2D eigenvalue weighted by molar-refractivity contribution is -0.120. The number of hydrogen-bond donors (Lipinski definition) is 2. The molecule has 2 N–H and O–H groups in total. The van der Waals surface area contributed by atoms with E-state index in [-0.39, 0.29) is 24.7 Å². The van der Waals surface area contributed by atoms with E-state index in [0.717, 1.165) is 5.56 Å². The summed E-state index contributed by atoms with van der Waals surface area (Å²) in [7, 11) is -3.37. The van der Waals surface area contributed by atoms with Gasteiger partial charge in [-0.05, 0) is 31.0 Å². The second kappa shape index (κ2) is 6.63. The van der Waals surface area contributed by atoms with Gasteiger partial charge in [-0.2, -0.15) is 0 Å². The van der Waals surface area contributed by atoms with Gasteiger partial charge >= 0.3 is 0 Å². The fourth-order valence-electron chi connectivity index (χ4n) is 1.36. The van der Waals surface area contributed by atoms with E-state index < -0.39 is 15.9 Å². The van der Waals surface area contributed by atoms with Gasteiger partial charge in [-0.1, -0.05) is 12.1 Å². The van der Waals surface area contributed by atoms with E-state index in [1.165, 1.54) is 13.0 Å². The largest absolute Gasteiger partial charge is 0.351 e. The third-order valence-corrected chi connectivity index (χ3v) is 3.89. The maximum atomic E-state index is 13.0. The van der Waals surface area contributed by atoms with E-state index in [1.54, 1.807) is 19.1 Å². The molecule has 0 aliphatic heterocycles. The van der Waals surface area contributed by atoms with Gasteiger partial charge in [-0.15, -0.1) is 0 Å². The monoisotopic (exact) mass is 288 g/mol. The second-order valence-corrected chi connectivity index (χ2v) is 6.18. The van der Waals surface area contributed by atoms with Crippen LogP contribution in [0.5, 0.6) is 0 Å². The molecule has 0 bridgehead atoms. The number of rotatable bonds is 6. The number of sulfonamides is 1. The van der Waals surface area contributed by atoms with Crippen LogP contribution in [0.2, 0.25) is 0 Å². The first kappa shape index (κ1) is 15.6. The van der Waals surface area contributed by atoms with Crippen LogP contribution in [0.4, 0.5) is 4.39 Å². The molecule has 0 aliphatic carbocycles. The molecule has 5 nitrogen and oxygen atoms in total. The lowest BCUT2D eigenvalue weighted by atomic mass is 10.1. The molecule has 0 aliphatic rings. The number of aryl methyl sites for hydroxylation is 1. The Bertz CT molecular complexity index is 558. The van der Waals surface area contributed by atoms with Crippen LogP contribution >= 0.6 is 0 Å². The molecule has 19 heavy (non-hydrogen) atoms. The smallest absolute Gasteiger partial charge is 0.235 e. The number of carbonyl (C=O) groups is 1. The van der Waals surface area contributed by atoms with Crippen LogP contribution in [-0.2, 0) is 21.4 Å². The third-order valence-electron chi connectivity index (χ3n) is 2.54. The van der Waals surface area contributed by atoms with Crippen molar-refractivity contribution >= 4 is 15.9 Å². The molecule has 0 spiro atoms. The average Bonchev–Trinajstić information content (AvgIpc) is 2.38. The molecule has 0 saturated carbocycles. The van der Waals surface area contributed by atoms with Gasteiger partial charge in [-0.3, -0.25) is 4.79 Å². The zero-order chi connectivity index (χ0) is 14.5. The van der Waals surface area contributed by atoms with Gasteiger partial charge in [0.25, 0.3) is 0 Å². The van der Waals surface area contributed by atoms with E-state index in [1.807, 2.05) is 0 Å². The van der Waals surface area contributed by atoms with E-state index in [9.17, 15) is 17.6 Å². The highest BCUT2D eigenvalue weighted by Gasteiger charge is 2.09. The molecule has 7 heteroatoms. The summed E-state index contributed by atoms with van der Waals surface area (Å²) in [6.45, 7) is 3.06. The van der Waals surface area contributed by atoms with E-state index >= 15 is 0 Å². The first-order chi connectivity index (χ1) is 8.84. The van der Waals surface area contributed by atoms with Crippen LogP contribution in [0, 0.1) is 12.7 Å². The summed E-state index contributed by atoms with van der Waals surface area (Å²) >= 11 is 0. The molecule has 0 atom stereocenters. The first-order valence-electron chi connectivity index (χ1n) is 5.83. The number of halogens is 1. The molecule has 0 saturated heterocycles. The quantitative estimate of drug-likeness (QED) is 0.808. The molecule has 106 valence electrons. The topological polar surface area (TPSA) is 75.3 Å². The van der Waals surface area contributed by atoms with Crippen molar-refractivity contribution in [3.63, 3.8) is 0 Å². The summed E-state index contributed by atoms with van der Waals surface area (Å²) < 4.78 is 37.4. The Balaban J connectivity index is 2.44. The number of hydrogen-bond acceptors (Lipinski definition) is 3. The van der Waals surface area contributed by atoms with Crippen molar-refractivity contribution < 1.29 is 17.6 Å². The number of benzene rings is 1. The first-order valence-corrected chi connectivity index (χ1v) is 7.48. The summed E-state index contributed by atoms with van der Waals surface area (Å²) in [5.41, 5.74) is 1.25. The number of amides is 1. The highest BCUT2D eigenvalue weighted by molar-refractivity contribution is 7.89. The zero-order valence-electron chi connectivity index (χ0n) is 10.9. The summed E-state index contributed by atoms with van der Waals surface area (Å²) in [5.74, 6) is -0.804. The lowest BCUT2D eigenvalue weighted by Crippen LogP contribution is -2.37. The molecule has 0 unspecified atom stereocenters. The zero-order valence-corrected chi connectivity index (χ0v) is 11.7. The minimum Gasteiger partial charge on any atom is -0.351 e. The minimum atomic E-state index is -3.37. The minimum absolute atomic E-state index is 0.0720. The Morgan fingerprint density at radius 3 is 2.63 bits per heavy atom. The fraction of sp³-hybridized carbons (Fsp3) is 0.417. The summed E-state index contributed by atoms with van der Waals surface area (Å²) in [5, 5.41) is 2.55. The predicted molar refractivity (Wildman–Crippen MR) is 70.4 cm³/mol. The van der Waals surface area contributed by atoms with E-state index in [2.05, 4.69) is 10.0 Å². The fourth-order valence-corrected chi connectivity index (χ4v) is 1.91. The highest BCUT2D eigenvalue weighted by Crippen LogP contribution is 2.08. The van der Waals surface area contributed by atoms with Crippen molar-refractivity contribution in [1.82, 2.24) is 10.0 Å². The third kappa shape index (κ3) is 5.35. The lowest BCUT2D eigenvalue weighted by Gasteiger charge is -2.07. The van der Waals surface area contributed by atoms with Crippen molar-refractivity contribution in [2.24, 2.45) is 0 Å². The van der Waals surface area contributed by atoms with Gasteiger partial charge in [0.15, 0.2) is 0 Å². The van der Waals surface area contributed by atoms with Crippen molar-refractivity contribution in [1.29, 1.82) is 0 Å². The second-order valence-electron chi connectivity index (χ2n) is 4.08. The molecule has 0 fully saturated rings. The highest BCUT2D eigenvalue weighted by atomic mass is 32.2. The van der Waals surface area contributed by atoms with Crippen LogP contribution in [-0.4, -0.2) is 26.6 Å². The Hall–Kier alpha value is -1.47. The molecule has 1 rings (SSSR count). The van der Waals surface area contributed by atoms with Gasteiger partial charge in [0.05, 0.1) is 12.3 Å². The molecule has 0 heterocycles. The Morgan fingerprint density at radius 1 is 1.37 bits per heavy atom. The SMILES string of the molecule is CCS(=O)(=O)NCC(=O)NCc1ccc(F)c(C)c1. The Morgan fingerprint density at radius 2 is 2.05 bits per heavy atom. The van der Waals surface area contributed by atoms with Gasteiger partial charge in [0.1, 0.15) is 5.82 Å². The molecule has 1 amide bonds. The van der Waals surface area contributed by atoms with Crippen LogP contribution in [0.1, 0.15) is 18.1 Å². The van der Waals surface area contributed by atoms with Crippen molar-refractivity contribution in [2.45, 2.75) is 20.4 Å². The van der Waals surface area contributed by atoms with Gasteiger partial charge in [0, 0.05) is 6.54 Å². The van der Waals surface area contributed by atoms with Crippen LogP contribution < -0.4 is 10.0 Å². The molecule has 1 aromatic carbocycles. The van der Waals surface area contributed by atoms with Crippen molar-refractivity contribution in [3.8, 4) is 0 Å². The van der Waals surface area contributed by atoms with E-state index in [0.29, 0.717) is 5.56 Å². The van der Waals surface area contributed by atoms with Gasteiger partial charge < -0.3 is 5.32 Å². The Labute approximate surface area is 112 Å². The summed E-state index contributed by atoms with van der Waals surface area (Å²) in [6, 6.07) is 4.53. The predicted octanol–water partition coefficient (Wildman–Crippen LogP) is 0.690. The average molecular weight is 288 g/mol. The molecular weight excluding hydrogens is 271 g/mol. The maximum absolute atomic E-state index is 13.0. The standard InChI is InChI=1S/C12H17FN2O3S/c1-3-19(17,18)15-8-12(16)14-7-10-4-5-11(13)9(2)6-10/h4-6,15H,3,7-8H2,1-2H3,(H,14,16).